The molecule has 2 N–H and O–H groups in total. The fraction of sp³-hybridized carbons (Fsp3) is 0.933. The van der Waals surface area contributed by atoms with Crippen LogP contribution in [0.4, 0.5) is 0 Å². The fourth-order valence-corrected chi connectivity index (χ4v) is 3.19. The van der Waals surface area contributed by atoms with Crippen LogP contribution in [-0.2, 0) is 4.79 Å². The zero-order valence-corrected chi connectivity index (χ0v) is 12.7. The van der Waals surface area contributed by atoms with Crippen LogP contribution in [0.2, 0.25) is 0 Å². The molecule has 2 aliphatic heterocycles. The number of rotatable bonds is 4. The van der Waals surface area contributed by atoms with E-state index in [0.717, 1.165) is 44.9 Å². The van der Waals surface area contributed by atoms with Crippen molar-refractivity contribution < 1.29 is 4.79 Å². The molecule has 2 fully saturated rings. The third kappa shape index (κ3) is 3.93. The summed E-state index contributed by atoms with van der Waals surface area (Å²) in [6.07, 6.45) is 4.71. The monoisotopic (exact) mass is 267 g/mol. The first-order valence-electron chi connectivity index (χ1n) is 7.75. The Morgan fingerprint density at radius 1 is 1.37 bits per heavy atom. The highest BCUT2D eigenvalue weighted by atomic mass is 16.2. The minimum absolute atomic E-state index is 0.0380. The molecule has 2 heterocycles. The van der Waals surface area contributed by atoms with Gasteiger partial charge in [0.05, 0.1) is 6.04 Å². The molecule has 0 radical (unpaired) electrons. The number of hydrogen-bond acceptors (Lipinski definition) is 3. The molecule has 19 heavy (non-hydrogen) atoms. The summed E-state index contributed by atoms with van der Waals surface area (Å²) in [6.45, 7) is 10.9. The molecular weight excluding hydrogens is 238 g/mol. The van der Waals surface area contributed by atoms with Gasteiger partial charge < -0.3 is 10.6 Å². The number of likely N-dealkylation sites (tertiary alicyclic amines) is 1. The Morgan fingerprint density at radius 3 is 2.79 bits per heavy atom. The van der Waals surface area contributed by atoms with Gasteiger partial charge in [-0.05, 0) is 58.5 Å². The highest BCUT2D eigenvalue weighted by molar-refractivity contribution is 5.82. The van der Waals surface area contributed by atoms with Gasteiger partial charge in [0, 0.05) is 18.6 Å². The lowest BCUT2D eigenvalue weighted by atomic mass is 9.93. The summed E-state index contributed by atoms with van der Waals surface area (Å²) in [5, 5.41) is 6.39. The second-order valence-electron chi connectivity index (χ2n) is 6.87. The van der Waals surface area contributed by atoms with E-state index in [0.29, 0.717) is 0 Å². The molecule has 0 aromatic rings. The van der Waals surface area contributed by atoms with Gasteiger partial charge in [-0.3, -0.25) is 9.69 Å². The van der Waals surface area contributed by atoms with Gasteiger partial charge >= 0.3 is 0 Å². The first-order valence-corrected chi connectivity index (χ1v) is 7.75. The van der Waals surface area contributed by atoms with Gasteiger partial charge in [-0.1, -0.05) is 6.92 Å². The fourth-order valence-electron chi connectivity index (χ4n) is 3.19. The molecule has 0 aliphatic carbocycles. The van der Waals surface area contributed by atoms with Crippen LogP contribution in [0.15, 0.2) is 0 Å². The van der Waals surface area contributed by atoms with E-state index in [4.69, 9.17) is 0 Å². The van der Waals surface area contributed by atoms with E-state index in [2.05, 4.69) is 36.3 Å². The van der Waals surface area contributed by atoms with Gasteiger partial charge in [0.2, 0.25) is 5.91 Å². The van der Waals surface area contributed by atoms with Gasteiger partial charge in [0.1, 0.15) is 0 Å². The molecular formula is C15H29N3O. The summed E-state index contributed by atoms with van der Waals surface area (Å²) < 4.78 is 0. The Bertz CT molecular complexity index is 311. The summed E-state index contributed by atoms with van der Waals surface area (Å²) in [5.74, 6) is 0.954. The maximum absolute atomic E-state index is 12.0. The molecule has 2 aliphatic rings. The molecule has 4 nitrogen and oxygen atoms in total. The Kier molecular flexibility index (Phi) is 4.85. The summed E-state index contributed by atoms with van der Waals surface area (Å²) in [7, 11) is 0. The minimum atomic E-state index is 0.0380. The van der Waals surface area contributed by atoms with Crippen LogP contribution in [0.5, 0.6) is 0 Å². The molecule has 0 saturated carbocycles. The van der Waals surface area contributed by atoms with Gasteiger partial charge in [-0.2, -0.15) is 0 Å². The summed E-state index contributed by atoms with van der Waals surface area (Å²) in [5.41, 5.74) is 0.0585. The second kappa shape index (κ2) is 6.23. The van der Waals surface area contributed by atoms with Crippen LogP contribution >= 0.6 is 0 Å². The summed E-state index contributed by atoms with van der Waals surface area (Å²) >= 11 is 0. The lowest BCUT2D eigenvalue weighted by Gasteiger charge is -2.43. The molecule has 2 atom stereocenters. The van der Waals surface area contributed by atoms with Crippen molar-refractivity contribution in [2.45, 2.75) is 58.0 Å². The largest absolute Gasteiger partial charge is 0.353 e. The van der Waals surface area contributed by atoms with Crippen molar-refractivity contribution in [2.75, 3.05) is 26.2 Å². The van der Waals surface area contributed by atoms with E-state index in [1.54, 1.807) is 0 Å². The third-order valence-corrected chi connectivity index (χ3v) is 4.59. The summed E-state index contributed by atoms with van der Waals surface area (Å²) in [4.78, 5) is 14.6. The van der Waals surface area contributed by atoms with Gasteiger partial charge in [-0.25, -0.2) is 0 Å². The Morgan fingerprint density at radius 2 is 2.16 bits per heavy atom. The van der Waals surface area contributed by atoms with Crippen LogP contribution < -0.4 is 10.6 Å². The van der Waals surface area contributed by atoms with Crippen molar-refractivity contribution in [3.8, 4) is 0 Å². The Labute approximate surface area is 117 Å². The number of amides is 1. The number of hydrogen-bond donors (Lipinski definition) is 2. The van der Waals surface area contributed by atoms with E-state index in [1.165, 1.54) is 12.8 Å². The average Bonchev–Trinajstić information content (AvgIpc) is 2.90. The highest BCUT2D eigenvalue weighted by Gasteiger charge is 2.31. The van der Waals surface area contributed by atoms with Crippen molar-refractivity contribution in [3.63, 3.8) is 0 Å². The van der Waals surface area contributed by atoms with Crippen molar-refractivity contribution in [1.29, 1.82) is 0 Å². The van der Waals surface area contributed by atoms with Crippen LogP contribution in [0, 0.1) is 5.92 Å². The number of nitrogens with one attached hydrogen (secondary N) is 2. The van der Waals surface area contributed by atoms with Crippen LogP contribution in [0.3, 0.4) is 0 Å². The maximum atomic E-state index is 12.0. The van der Waals surface area contributed by atoms with Crippen molar-refractivity contribution in [3.05, 3.63) is 0 Å². The van der Waals surface area contributed by atoms with E-state index in [1.807, 2.05) is 0 Å². The second-order valence-corrected chi connectivity index (χ2v) is 6.87. The van der Waals surface area contributed by atoms with E-state index < -0.39 is 0 Å². The third-order valence-electron chi connectivity index (χ3n) is 4.59. The number of nitrogens with zero attached hydrogens (tertiary/aromatic N) is 1. The number of carbonyl (C=O) groups excluding carboxylic acids is 1. The van der Waals surface area contributed by atoms with E-state index in [9.17, 15) is 4.79 Å². The molecule has 110 valence electrons. The molecule has 1 amide bonds. The van der Waals surface area contributed by atoms with Crippen LogP contribution in [0.25, 0.3) is 0 Å². The quantitative estimate of drug-likeness (QED) is 0.808. The van der Waals surface area contributed by atoms with Crippen LogP contribution in [0.1, 0.15) is 46.5 Å². The SMILES string of the molecule is CC1CCCN(C(C)(C)CNC(=O)C2CCCN2)C1. The molecule has 2 saturated heterocycles. The molecule has 0 bridgehead atoms. The predicted octanol–water partition coefficient (Wildman–Crippen LogP) is 1.37. The molecule has 2 unspecified atom stereocenters. The Hall–Kier alpha value is -0.610. The van der Waals surface area contributed by atoms with Crippen molar-refractivity contribution in [1.82, 2.24) is 15.5 Å². The number of carbonyl (C=O) groups is 1. The zero-order chi connectivity index (χ0) is 13.9. The minimum Gasteiger partial charge on any atom is -0.353 e. The smallest absolute Gasteiger partial charge is 0.237 e. The molecule has 2 rings (SSSR count). The van der Waals surface area contributed by atoms with Crippen molar-refractivity contribution >= 4 is 5.91 Å². The van der Waals surface area contributed by atoms with Gasteiger partial charge in [-0.15, -0.1) is 0 Å². The first-order chi connectivity index (χ1) is 8.99. The predicted molar refractivity (Wildman–Crippen MR) is 78.1 cm³/mol. The maximum Gasteiger partial charge on any atom is 0.237 e. The topological polar surface area (TPSA) is 44.4 Å². The van der Waals surface area contributed by atoms with Crippen LogP contribution in [-0.4, -0.2) is 48.6 Å². The molecule has 0 aromatic heterocycles. The van der Waals surface area contributed by atoms with E-state index in [-0.39, 0.29) is 17.5 Å². The molecule has 0 spiro atoms. The molecule has 4 heteroatoms. The van der Waals surface area contributed by atoms with Gasteiger partial charge in [0.25, 0.3) is 0 Å². The van der Waals surface area contributed by atoms with Gasteiger partial charge in [0.15, 0.2) is 0 Å². The summed E-state index contributed by atoms with van der Waals surface area (Å²) in [6, 6.07) is 0.0380. The molecule has 0 aromatic carbocycles. The van der Waals surface area contributed by atoms with E-state index >= 15 is 0 Å². The average molecular weight is 267 g/mol. The lowest BCUT2D eigenvalue weighted by Crippen LogP contribution is -2.56. The van der Waals surface area contributed by atoms with Crippen molar-refractivity contribution in [2.24, 2.45) is 5.92 Å². The lowest BCUT2D eigenvalue weighted by molar-refractivity contribution is -0.123. The first kappa shape index (κ1) is 14.8. The number of piperidine rings is 1. The Balaban J connectivity index is 1.80. The zero-order valence-electron chi connectivity index (χ0n) is 12.7. The normalized spacial score (nSPS) is 29.4. The standard InChI is InChI=1S/C15H29N3O/c1-12-6-5-9-18(10-12)15(2,3)11-17-14(19)13-7-4-8-16-13/h12-13,16H,4-11H2,1-3H3,(H,17,19). The highest BCUT2D eigenvalue weighted by Crippen LogP contribution is 2.23.